The molecule has 0 aromatic heterocycles. The molecule has 0 unspecified atom stereocenters. The Hall–Kier alpha value is -3.39. The Morgan fingerprint density at radius 1 is 1.10 bits per heavy atom. The molecule has 3 aliphatic rings. The zero-order chi connectivity index (χ0) is 27.4. The quantitative estimate of drug-likeness (QED) is 0.359. The van der Waals surface area contributed by atoms with Crippen LogP contribution in [0, 0.1) is 11.3 Å². The molecular formula is C31H41N5O3. The van der Waals surface area contributed by atoms with Gasteiger partial charge < -0.3 is 19.7 Å². The number of carbonyl (C=O) groups excluding carboxylic acids is 1. The third-order valence-corrected chi connectivity index (χ3v) is 8.32. The second-order valence-corrected chi connectivity index (χ2v) is 11.0. The molecule has 5 rings (SSSR count). The van der Waals surface area contributed by atoms with Crippen LogP contribution in [0.4, 0.5) is 0 Å². The predicted molar refractivity (Wildman–Crippen MR) is 155 cm³/mol. The van der Waals surface area contributed by atoms with Gasteiger partial charge in [0.15, 0.2) is 17.5 Å². The van der Waals surface area contributed by atoms with E-state index in [9.17, 15) is 4.79 Å². The summed E-state index contributed by atoms with van der Waals surface area (Å²) in [6.45, 7) is 5.26. The van der Waals surface area contributed by atoms with Crippen LogP contribution >= 0.6 is 0 Å². The van der Waals surface area contributed by atoms with Gasteiger partial charge in [-0.2, -0.15) is 0 Å². The molecule has 2 aromatic rings. The molecule has 39 heavy (non-hydrogen) atoms. The van der Waals surface area contributed by atoms with E-state index in [1.807, 2.05) is 37.3 Å². The molecule has 8 nitrogen and oxygen atoms in total. The summed E-state index contributed by atoms with van der Waals surface area (Å²) < 4.78 is 11.6. The molecule has 1 aliphatic carbocycles. The van der Waals surface area contributed by atoms with Crippen molar-refractivity contribution in [2.75, 3.05) is 40.4 Å². The zero-order valence-electron chi connectivity index (χ0n) is 23.4. The van der Waals surface area contributed by atoms with Crippen LogP contribution in [0.15, 0.2) is 41.4 Å². The smallest absolute Gasteiger partial charge is 0.257 e. The first kappa shape index (κ1) is 27.2. The number of aliphatic imine (C=N–C) groups is 1. The molecule has 8 heteroatoms. The van der Waals surface area contributed by atoms with Crippen molar-refractivity contribution >= 4 is 17.6 Å². The van der Waals surface area contributed by atoms with Gasteiger partial charge in [-0.3, -0.25) is 20.5 Å². The number of amides is 1. The Labute approximate surface area is 231 Å². The number of piperidine rings is 1. The largest absolute Gasteiger partial charge is 0.493 e. The second kappa shape index (κ2) is 12.2. The standard InChI is InChI=1S/C31H41N5O3/c1-4-39-28-16-23-24(17-27(28)38-3)29(34-26-14-15-36(2)19-25(23)26)21-10-12-22(13-11-21)30(37)35-31(32)33-18-20-8-6-5-7-9-20/h10-13,16-17,20,25-26H,4-9,14-15,18-19H2,1-3H3,(H3,32,33,35,37)/t25-,26-/m1/s1. The third kappa shape index (κ3) is 6.11. The maximum Gasteiger partial charge on any atom is 0.257 e. The summed E-state index contributed by atoms with van der Waals surface area (Å²) >= 11 is 0. The maximum atomic E-state index is 12.8. The van der Waals surface area contributed by atoms with E-state index in [-0.39, 0.29) is 17.9 Å². The van der Waals surface area contributed by atoms with Gasteiger partial charge >= 0.3 is 0 Å². The lowest BCUT2D eigenvalue weighted by atomic mass is 9.79. The average molecular weight is 532 g/mol. The number of likely N-dealkylation sites (tertiary alicyclic amines) is 1. The van der Waals surface area contributed by atoms with E-state index in [2.05, 4.69) is 28.6 Å². The average Bonchev–Trinajstić information content (AvgIpc) is 2.96. The van der Waals surface area contributed by atoms with Gasteiger partial charge in [0.1, 0.15) is 0 Å². The Morgan fingerprint density at radius 2 is 1.87 bits per heavy atom. The van der Waals surface area contributed by atoms with E-state index in [1.165, 1.54) is 37.7 Å². The van der Waals surface area contributed by atoms with Gasteiger partial charge in [0, 0.05) is 35.7 Å². The van der Waals surface area contributed by atoms with E-state index >= 15 is 0 Å². The second-order valence-electron chi connectivity index (χ2n) is 11.0. The van der Waals surface area contributed by atoms with Gasteiger partial charge in [0.25, 0.3) is 5.91 Å². The number of hydrogen-bond donors (Lipinski definition) is 3. The van der Waals surface area contributed by atoms with Crippen molar-refractivity contribution in [1.82, 2.24) is 15.5 Å². The Bertz CT molecular complexity index is 1220. The van der Waals surface area contributed by atoms with Crippen LogP contribution in [-0.4, -0.2) is 68.9 Å². The highest BCUT2D eigenvalue weighted by atomic mass is 16.5. The normalized spacial score (nSPS) is 21.3. The highest BCUT2D eigenvalue weighted by Crippen LogP contribution is 2.42. The summed E-state index contributed by atoms with van der Waals surface area (Å²) in [5.41, 5.74) is 4.69. The van der Waals surface area contributed by atoms with Crippen molar-refractivity contribution in [3.8, 4) is 11.5 Å². The number of benzene rings is 2. The van der Waals surface area contributed by atoms with Crippen molar-refractivity contribution < 1.29 is 14.3 Å². The topological polar surface area (TPSA) is 99.0 Å². The van der Waals surface area contributed by atoms with Crippen molar-refractivity contribution in [2.45, 2.75) is 57.4 Å². The van der Waals surface area contributed by atoms with Gasteiger partial charge in [-0.15, -0.1) is 0 Å². The Balaban J connectivity index is 1.34. The lowest BCUT2D eigenvalue weighted by molar-refractivity contribution is 0.0975. The lowest BCUT2D eigenvalue weighted by Crippen LogP contribution is -2.42. The molecule has 2 atom stereocenters. The van der Waals surface area contributed by atoms with Gasteiger partial charge in [-0.1, -0.05) is 31.4 Å². The highest BCUT2D eigenvalue weighted by molar-refractivity contribution is 6.15. The van der Waals surface area contributed by atoms with E-state index in [4.69, 9.17) is 19.9 Å². The molecule has 2 aromatic carbocycles. The first-order valence-electron chi connectivity index (χ1n) is 14.3. The van der Waals surface area contributed by atoms with Crippen LogP contribution in [0.25, 0.3) is 0 Å². The van der Waals surface area contributed by atoms with Crippen molar-refractivity contribution in [2.24, 2.45) is 10.9 Å². The van der Waals surface area contributed by atoms with Gasteiger partial charge in [-0.05, 0) is 75.5 Å². The minimum Gasteiger partial charge on any atom is -0.493 e. The predicted octanol–water partition coefficient (Wildman–Crippen LogP) is 4.57. The number of carbonyl (C=O) groups is 1. The third-order valence-electron chi connectivity index (χ3n) is 8.32. The number of fused-ring (bicyclic) bond motifs is 3. The molecule has 2 aliphatic heterocycles. The molecule has 1 saturated carbocycles. The number of hydrogen-bond acceptors (Lipinski definition) is 6. The summed E-state index contributed by atoms with van der Waals surface area (Å²) in [4.78, 5) is 20.4. The molecule has 1 saturated heterocycles. The first-order chi connectivity index (χ1) is 19.0. The lowest BCUT2D eigenvalue weighted by Gasteiger charge is -2.39. The molecule has 0 radical (unpaired) electrons. The summed E-state index contributed by atoms with van der Waals surface area (Å²) in [5, 5.41) is 13.9. The number of rotatable bonds is 7. The molecule has 3 N–H and O–H groups in total. The monoisotopic (exact) mass is 531 g/mol. The van der Waals surface area contributed by atoms with Crippen molar-refractivity contribution in [3.05, 3.63) is 58.7 Å². The number of nitrogens with zero attached hydrogens (tertiary/aromatic N) is 2. The van der Waals surface area contributed by atoms with Crippen molar-refractivity contribution in [3.63, 3.8) is 0 Å². The van der Waals surface area contributed by atoms with Crippen LogP contribution < -0.4 is 20.1 Å². The van der Waals surface area contributed by atoms with Gasteiger partial charge in [0.05, 0.1) is 25.5 Å². The van der Waals surface area contributed by atoms with Gasteiger partial charge in [-0.25, -0.2) is 0 Å². The fourth-order valence-corrected chi connectivity index (χ4v) is 6.19. The Morgan fingerprint density at radius 3 is 2.59 bits per heavy atom. The molecule has 208 valence electrons. The fourth-order valence-electron chi connectivity index (χ4n) is 6.19. The van der Waals surface area contributed by atoms with Crippen LogP contribution in [0.2, 0.25) is 0 Å². The van der Waals surface area contributed by atoms with E-state index in [0.29, 0.717) is 29.8 Å². The summed E-state index contributed by atoms with van der Waals surface area (Å²) in [7, 11) is 3.83. The van der Waals surface area contributed by atoms with Crippen LogP contribution in [0.3, 0.4) is 0 Å². The fraction of sp³-hybridized carbons (Fsp3) is 0.516. The molecule has 1 amide bonds. The molecule has 0 bridgehead atoms. The Kier molecular flexibility index (Phi) is 8.50. The number of likely N-dealkylation sites (N-methyl/N-ethyl adjacent to an activating group) is 1. The summed E-state index contributed by atoms with van der Waals surface area (Å²) in [6.07, 6.45) is 7.20. The van der Waals surface area contributed by atoms with Crippen molar-refractivity contribution in [1.29, 1.82) is 5.41 Å². The highest BCUT2D eigenvalue weighted by Gasteiger charge is 2.36. The minimum atomic E-state index is -0.285. The van der Waals surface area contributed by atoms with Crippen LogP contribution in [-0.2, 0) is 0 Å². The molecule has 2 fully saturated rings. The maximum absolute atomic E-state index is 12.8. The number of nitrogens with one attached hydrogen (secondary N) is 3. The molecule has 2 heterocycles. The zero-order valence-corrected chi connectivity index (χ0v) is 23.4. The minimum absolute atomic E-state index is 0.0609. The molecule has 0 spiro atoms. The number of guanidine groups is 1. The number of ether oxygens (including phenoxy) is 2. The van der Waals surface area contributed by atoms with E-state index < -0.39 is 0 Å². The van der Waals surface area contributed by atoms with Gasteiger partial charge in [0.2, 0.25) is 0 Å². The molecular weight excluding hydrogens is 490 g/mol. The van der Waals surface area contributed by atoms with Crippen LogP contribution in [0.1, 0.15) is 78.4 Å². The summed E-state index contributed by atoms with van der Waals surface area (Å²) in [5.74, 6) is 2.11. The number of methoxy groups -OCH3 is 1. The van der Waals surface area contributed by atoms with E-state index in [1.54, 1.807) is 7.11 Å². The summed E-state index contributed by atoms with van der Waals surface area (Å²) in [6, 6.07) is 11.9. The first-order valence-corrected chi connectivity index (χ1v) is 14.3. The van der Waals surface area contributed by atoms with Crippen LogP contribution in [0.5, 0.6) is 11.5 Å². The SMILES string of the molecule is CCOc1cc2c(cc1OC)C(c1ccc(C(=O)NC(=N)NCC3CCCCC3)cc1)=N[C@@H]1CCN(C)C[C@H]21. The van der Waals surface area contributed by atoms with E-state index in [0.717, 1.165) is 48.6 Å².